The highest BCUT2D eigenvalue weighted by molar-refractivity contribution is 9.13. The van der Waals surface area contributed by atoms with Gasteiger partial charge in [-0.1, -0.05) is 0 Å². The Hall–Kier alpha value is -0.0400. The maximum Gasteiger partial charge on any atom is 0.133 e. The second-order valence-electron chi connectivity index (χ2n) is 3.54. The SMILES string of the molecule is COc1ccc(NCc2cc(Br)c(Br)s2)cc1Br. The van der Waals surface area contributed by atoms with Crippen LogP contribution in [0, 0.1) is 0 Å². The van der Waals surface area contributed by atoms with Crippen molar-refractivity contribution in [3.8, 4) is 5.75 Å². The van der Waals surface area contributed by atoms with Crippen LogP contribution in [0.1, 0.15) is 4.88 Å². The third kappa shape index (κ3) is 3.50. The van der Waals surface area contributed by atoms with Crippen molar-refractivity contribution in [1.29, 1.82) is 0 Å². The fraction of sp³-hybridized carbons (Fsp3) is 0.167. The molecule has 0 saturated carbocycles. The molecular weight excluding hydrogens is 446 g/mol. The minimum Gasteiger partial charge on any atom is -0.496 e. The topological polar surface area (TPSA) is 21.3 Å². The van der Waals surface area contributed by atoms with Gasteiger partial charge in [0.1, 0.15) is 5.75 Å². The number of hydrogen-bond acceptors (Lipinski definition) is 3. The third-order valence-electron chi connectivity index (χ3n) is 2.31. The van der Waals surface area contributed by atoms with Crippen LogP contribution in [0.3, 0.4) is 0 Å². The molecule has 0 radical (unpaired) electrons. The Bertz CT molecular complexity index is 537. The van der Waals surface area contributed by atoms with Gasteiger partial charge >= 0.3 is 0 Å². The molecule has 2 nitrogen and oxygen atoms in total. The average Bonchev–Trinajstić information content (AvgIpc) is 2.66. The zero-order valence-corrected chi connectivity index (χ0v) is 15.0. The Morgan fingerprint density at radius 2 is 1.94 bits per heavy atom. The van der Waals surface area contributed by atoms with Crippen LogP contribution in [0.25, 0.3) is 0 Å². The number of anilines is 1. The summed E-state index contributed by atoms with van der Waals surface area (Å²) in [6.45, 7) is 0.799. The van der Waals surface area contributed by atoms with E-state index in [9.17, 15) is 0 Å². The smallest absolute Gasteiger partial charge is 0.133 e. The molecule has 0 saturated heterocycles. The second kappa shape index (κ2) is 6.41. The first-order chi connectivity index (χ1) is 8.60. The van der Waals surface area contributed by atoms with Crippen LogP contribution in [0.2, 0.25) is 0 Å². The van der Waals surface area contributed by atoms with Crippen molar-refractivity contribution in [3.63, 3.8) is 0 Å². The summed E-state index contributed by atoms with van der Waals surface area (Å²) in [5.41, 5.74) is 1.06. The number of thiophene rings is 1. The molecule has 1 N–H and O–H groups in total. The molecule has 0 unspecified atom stereocenters. The van der Waals surface area contributed by atoms with Crippen molar-refractivity contribution >= 4 is 64.8 Å². The molecule has 96 valence electrons. The van der Waals surface area contributed by atoms with E-state index < -0.39 is 0 Å². The van der Waals surface area contributed by atoms with Crippen molar-refractivity contribution < 1.29 is 4.74 Å². The monoisotopic (exact) mass is 453 g/mol. The first-order valence-electron chi connectivity index (χ1n) is 5.11. The summed E-state index contributed by atoms with van der Waals surface area (Å²) in [4.78, 5) is 1.26. The predicted molar refractivity (Wildman–Crippen MR) is 87.7 cm³/mol. The van der Waals surface area contributed by atoms with Gasteiger partial charge in [-0.25, -0.2) is 0 Å². The van der Waals surface area contributed by atoms with Crippen molar-refractivity contribution in [2.75, 3.05) is 12.4 Å². The number of ether oxygens (including phenoxy) is 1. The van der Waals surface area contributed by atoms with Crippen molar-refractivity contribution in [1.82, 2.24) is 0 Å². The van der Waals surface area contributed by atoms with E-state index in [0.29, 0.717) is 0 Å². The molecule has 18 heavy (non-hydrogen) atoms. The molecule has 0 spiro atoms. The van der Waals surface area contributed by atoms with E-state index in [2.05, 4.69) is 59.2 Å². The average molecular weight is 456 g/mol. The zero-order valence-electron chi connectivity index (χ0n) is 9.47. The summed E-state index contributed by atoms with van der Waals surface area (Å²) in [7, 11) is 1.66. The molecule has 0 atom stereocenters. The normalized spacial score (nSPS) is 10.4. The van der Waals surface area contributed by atoms with Gasteiger partial charge in [-0.3, -0.25) is 0 Å². The Morgan fingerprint density at radius 1 is 1.17 bits per heavy atom. The minimum atomic E-state index is 0.799. The number of halogens is 3. The number of rotatable bonds is 4. The van der Waals surface area contributed by atoms with Gasteiger partial charge in [-0.05, 0) is 72.1 Å². The molecule has 0 aliphatic carbocycles. The summed E-state index contributed by atoms with van der Waals surface area (Å²) in [6.07, 6.45) is 0. The molecule has 0 aliphatic rings. The summed E-state index contributed by atoms with van der Waals surface area (Å²) in [5.74, 6) is 0.835. The Kier molecular flexibility index (Phi) is 5.12. The number of benzene rings is 1. The van der Waals surface area contributed by atoms with E-state index >= 15 is 0 Å². The van der Waals surface area contributed by atoms with Crippen LogP contribution in [-0.2, 0) is 6.54 Å². The van der Waals surface area contributed by atoms with Crippen molar-refractivity contribution in [2.45, 2.75) is 6.54 Å². The van der Waals surface area contributed by atoms with Gasteiger partial charge in [0.25, 0.3) is 0 Å². The molecule has 2 rings (SSSR count). The van der Waals surface area contributed by atoms with E-state index in [1.165, 1.54) is 4.88 Å². The summed E-state index contributed by atoms with van der Waals surface area (Å²) in [6, 6.07) is 8.06. The first-order valence-corrected chi connectivity index (χ1v) is 8.31. The fourth-order valence-electron chi connectivity index (χ4n) is 1.44. The van der Waals surface area contributed by atoms with Crippen LogP contribution >= 0.6 is 59.1 Å². The van der Waals surface area contributed by atoms with E-state index in [4.69, 9.17) is 4.74 Å². The van der Waals surface area contributed by atoms with Gasteiger partial charge in [0.2, 0.25) is 0 Å². The summed E-state index contributed by atoms with van der Waals surface area (Å²) >= 11 is 12.2. The van der Waals surface area contributed by atoms with E-state index in [0.717, 1.165) is 30.7 Å². The van der Waals surface area contributed by atoms with Gasteiger partial charge in [0, 0.05) is 21.6 Å². The van der Waals surface area contributed by atoms with Gasteiger partial charge in [-0.2, -0.15) is 0 Å². The second-order valence-corrected chi connectivity index (χ2v) is 7.70. The zero-order chi connectivity index (χ0) is 13.1. The maximum absolute atomic E-state index is 5.20. The Morgan fingerprint density at radius 3 is 2.50 bits per heavy atom. The van der Waals surface area contributed by atoms with Gasteiger partial charge in [-0.15, -0.1) is 11.3 Å². The summed E-state index contributed by atoms with van der Waals surface area (Å²) in [5, 5.41) is 3.38. The molecule has 1 heterocycles. The lowest BCUT2D eigenvalue weighted by molar-refractivity contribution is 0.412. The fourth-order valence-corrected chi connectivity index (χ4v) is 4.10. The Labute approximate surface area is 135 Å². The quantitative estimate of drug-likeness (QED) is 0.642. The number of nitrogens with one attached hydrogen (secondary N) is 1. The van der Waals surface area contributed by atoms with Crippen LogP contribution in [0.15, 0.2) is 37.0 Å². The third-order valence-corrected chi connectivity index (χ3v) is 6.19. The highest BCUT2D eigenvalue weighted by atomic mass is 79.9. The molecule has 0 amide bonds. The van der Waals surface area contributed by atoms with E-state index in [1.807, 2.05) is 18.2 Å². The standard InChI is InChI=1S/C12H10Br3NOS/c1-17-11-3-2-7(4-9(11)13)16-6-8-5-10(14)12(15)18-8/h2-5,16H,6H2,1H3. The summed E-state index contributed by atoms with van der Waals surface area (Å²) < 4.78 is 8.36. The predicted octanol–water partition coefficient (Wildman–Crippen LogP) is 5.66. The van der Waals surface area contributed by atoms with Crippen molar-refractivity contribution in [2.24, 2.45) is 0 Å². The lowest BCUT2D eigenvalue weighted by atomic mass is 10.3. The highest BCUT2D eigenvalue weighted by Gasteiger charge is 2.05. The Balaban J connectivity index is 2.04. The molecule has 0 bridgehead atoms. The van der Waals surface area contributed by atoms with E-state index in [-0.39, 0.29) is 0 Å². The van der Waals surface area contributed by atoms with Crippen LogP contribution < -0.4 is 10.1 Å². The largest absolute Gasteiger partial charge is 0.496 e. The molecule has 1 aromatic heterocycles. The molecule has 2 aromatic rings. The highest BCUT2D eigenvalue weighted by Crippen LogP contribution is 2.33. The number of hydrogen-bond donors (Lipinski definition) is 1. The van der Waals surface area contributed by atoms with E-state index in [1.54, 1.807) is 18.4 Å². The van der Waals surface area contributed by atoms with Crippen LogP contribution in [0.4, 0.5) is 5.69 Å². The molecular formula is C12H10Br3NOS. The van der Waals surface area contributed by atoms with Crippen molar-refractivity contribution in [3.05, 3.63) is 41.9 Å². The van der Waals surface area contributed by atoms with Crippen LogP contribution in [0.5, 0.6) is 5.75 Å². The minimum absolute atomic E-state index is 0.799. The lowest BCUT2D eigenvalue weighted by Crippen LogP contribution is -1.97. The number of methoxy groups -OCH3 is 1. The molecule has 1 aromatic carbocycles. The lowest BCUT2D eigenvalue weighted by Gasteiger charge is -2.08. The molecule has 0 fully saturated rings. The van der Waals surface area contributed by atoms with Crippen LogP contribution in [-0.4, -0.2) is 7.11 Å². The first kappa shape index (κ1) is 14.4. The maximum atomic E-state index is 5.20. The van der Waals surface area contributed by atoms with Gasteiger partial charge in [0.05, 0.1) is 15.4 Å². The molecule has 6 heteroatoms. The van der Waals surface area contributed by atoms with Gasteiger partial charge in [0.15, 0.2) is 0 Å². The molecule has 0 aliphatic heterocycles. The van der Waals surface area contributed by atoms with Gasteiger partial charge < -0.3 is 10.1 Å².